The third-order valence-electron chi connectivity index (χ3n) is 3.57. The lowest BCUT2D eigenvalue weighted by molar-refractivity contribution is 0.374. The van der Waals surface area contributed by atoms with Crippen LogP contribution in [0.5, 0.6) is 0 Å². The van der Waals surface area contributed by atoms with E-state index in [1.165, 1.54) is 10.7 Å². The van der Waals surface area contributed by atoms with Crippen LogP contribution < -0.4 is 0 Å². The summed E-state index contributed by atoms with van der Waals surface area (Å²) in [5.41, 5.74) is 2.93. The number of hydrazone groups is 1. The predicted molar refractivity (Wildman–Crippen MR) is 86.1 cm³/mol. The molecule has 1 aliphatic rings. The van der Waals surface area contributed by atoms with Gasteiger partial charge in [-0.1, -0.05) is 30.3 Å². The highest BCUT2D eigenvalue weighted by molar-refractivity contribution is 7.88. The summed E-state index contributed by atoms with van der Waals surface area (Å²) in [5, 5.41) is 6.35. The van der Waals surface area contributed by atoms with Gasteiger partial charge < -0.3 is 0 Å². The zero-order valence-corrected chi connectivity index (χ0v) is 13.5. The van der Waals surface area contributed by atoms with Gasteiger partial charge in [-0.05, 0) is 29.5 Å². The standard InChI is InChI=1S/C15H16N2O2S2/c1-11-6-3-4-7-12(11)14-10-13(15-8-5-9-20-15)16-17(14)21(2,18)19/h3-9,14H,10H2,1-2H3/t14-/m1/s1. The van der Waals surface area contributed by atoms with Crippen molar-refractivity contribution in [2.24, 2.45) is 5.10 Å². The van der Waals surface area contributed by atoms with Gasteiger partial charge in [0.15, 0.2) is 0 Å². The van der Waals surface area contributed by atoms with E-state index in [0.717, 1.165) is 21.7 Å². The van der Waals surface area contributed by atoms with Crippen molar-refractivity contribution in [1.29, 1.82) is 0 Å². The smallest absolute Gasteiger partial charge is 0.205 e. The first-order chi connectivity index (χ1) is 9.97. The number of nitrogens with zero attached hydrogens (tertiary/aromatic N) is 2. The zero-order valence-electron chi connectivity index (χ0n) is 11.9. The molecule has 0 saturated heterocycles. The molecule has 0 radical (unpaired) electrons. The van der Waals surface area contributed by atoms with E-state index in [1.807, 2.05) is 48.7 Å². The van der Waals surface area contributed by atoms with Gasteiger partial charge >= 0.3 is 0 Å². The molecule has 2 aromatic rings. The van der Waals surface area contributed by atoms with Crippen molar-refractivity contribution in [2.75, 3.05) is 6.26 Å². The number of sulfonamides is 1. The summed E-state index contributed by atoms with van der Waals surface area (Å²) in [7, 11) is -3.39. The molecular weight excluding hydrogens is 304 g/mol. The summed E-state index contributed by atoms with van der Waals surface area (Å²) in [5.74, 6) is 0. The van der Waals surface area contributed by atoms with Gasteiger partial charge in [0.05, 0.1) is 22.9 Å². The van der Waals surface area contributed by atoms with Crippen LogP contribution >= 0.6 is 11.3 Å². The molecule has 0 N–H and O–H groups in total. The Morgan fingerprint density at radius 3 is 2.62 bits per heavy atom. The summed E-state index contributed by atoms with van der Waals surface area (Å²) < 4.78 is 25.4. The van der Waals surface area contributed by atoms with E-state index in [0.29, 0.717) is 6.42 Å². The van der Waals surface area contributed by atoms with Crippen molar-refractivity contribution in [2.45, 2.75) is 19.4 Å². The van der Waals surface area contributed by atoms with Crippen LogP contribution in [0, 0.1) is 6.92 Å². The normalized spacial score (nSPS) is 18.9. The molecule has 110 valence electrons. The minimum absolute atomic E-state index is 0.252. The number of hydrogen-bond acceptors (Lipinski definition) is 4. The van der Waals surface area contributed by atoms with E-state index < -0.39 is 10.0 Å². The van der Waals surface area contributed by atoms with Crippen molar-refractivity contribution in [3.8, 4) is 0 Å². The second-order valence-electron chi connectivity index (χ2n) is 5.14. The Labute approximate surface area is 128 Å². The van der Waals surface area contributed by atoms with Gasteiger partial charge in [-0.2, -0.15) is 9.52 Å². The number of aryl methyl sites for hydroxylation is 1. The molecule has 2 heterocycles. The highest BCUT2D eigenvalue weighted by atomic mass is 32.2. The number of benzene rings is 1. The van der Waals surface area contributed by atoms with Crippen LogP contribution in [0.4, 0.5) is 0 Å². The van der Waals surface area contributed by atoms with E-state index in [1.54, 1.807) is 11.3 Å². The zero-order chi connectivity index (χ0) is 15.0. The molecule has 21 heavy (non-hydrogen) atoms. The van der Waals surface area contributed by atoms with E-state index in [4.69, 9.17) is 0 Å². The monoisotopic (exact) mass is 320 g/mol. The van der Waals surface area contributed by atoms with Crippen LogP contribution in [0.3, 0.4) is 0 Å². The van der Waals surface area contributed by atoms with Gasteiger partial charge in [-0.3, -0.25) is 0 Å². The molecule has 1 aromatic carbocycles. The number of rotatable bonds is 3. The highest BCUT2D eigenvalue weighted by Gasteiger charge is 2.35. The molecular formula is C15H16N2O2S2. The van der Waals surface area contributed by atoms with E-state index >= 15 is 0 Å². The molecule has 0 bridgehead atoms. The maximum absolute atomic E-state index is 12.1. The molecule has 0 spiro atoms. The molecule has 0 saturated carbocycles. The first-order valence-corrected chi connectivity index (χ1v) is 9.36. The lowest BCUT2D eigenvalue weighted by Gasteiger charge is -2.22. The van der Waals surface area contributed by atoms with Gasteiger partial charge in [0.1, 0.15) is 0 Å². The summed E-state index contributed by atoms with van der Waals surface area (Å²) in [6.07, 6.45) is 1.82. The Bertz CT molecular complexity index is 780. The predicted octanol–water partition coefficient (Wildman–Crippen LogP) is 3.17. The fourth-order valence-electron chi connectivity index (χ4n) is 2.58. The van der Waals surface area contributed by atoms with Gasteiger partial charge in [-0.15, -0.1) is 11.3 Å². The minimum atomic E-state index is -3.39. The maximum atomic E-state index is 12.1. The highest BCUT2D eigenvalue weighted by Crippen LogP contribution is 2.36. The van der Waals surface area contributed by atoms with Gasteiger partial charge in [0.2, 0.25) is 10.0 Å². The molecule has 4 nitrogen and oxygen atoms in total. The van der Waals surface area contributed by atoms with E-state index in [2.05, 4.69) is 5.10 Å². The maximum Gasteiger partial charge on any atom is 0.247 e. The molecule has 1 atom stereocenters. The Hall–Kier alpha value is -1.66. The van der Waals surface area contributed by atoms with Crippen molar-refractivity contribution >= 4 is 27.1 Å². The van der Waals surface area contributed by atoms with Crippen LogP contribution in [0.1, 0.15) is 28.5 Å². The Morgan fingerprint density at radius 1 is 1.24 bits per heavy atom. The van der Waals surface area contributed by atoms with Crippen LogP contribution in [0.15, 0.2) is 46.9 Å². The van der Waals surface area contributed by atoms with Crippen LogP contribution in [-0.2, 0) is 10.0 Å². The summed E-state index contributed by atoms with van der Waals surface area (Å²) in [6.45, 7) is 2.00. The second-order valence-corrected chi connectivity index (χ2v) is 7.92. The van der Waals surface area contributed by atoms with Gasteiger partial charge in [-0.25, -0.2) is 8.42 Å². The lowest BCUT2D eigenvalue weighted by Crippen LogP contribution is -2.26. The van der Waals surface area contributed by atoms with Crippen LogP contribution in [0.2, 0.25) is 0 Å². The summed E-state index contributed by atoms with van der Waals surface area (Å²) >= 11 is 1.58. The van der Waals surface area contributed by atoms with Crippen molar-refractivity contribution < 1.29 is 8.42 Å². The molecule has 3 rings (SSSR count). The SMILES string of the molecule is Cc1ccccc1[C@H]1CC(c2cccs2)=NN1S(C)(=O)=O. The fraction of sp³-hybridized carbons (Fsp3) is 0.267. The van der Waals surface area contributed by atoms with Crippen molar-refractivity contribution in [3.63, 3.8) is 0 Å². The fourth-order valence-corrected chi connectivity index (χ4v) is 4.20. The Morgan fingerprint density at radius 2 is 2.00 bits per heavy atom. The molecule has 0 amide bonds. The lowest BCUT2D eigenvalue weighted by atomic mass is 9.98. The molecule has 1 aliphatic heterocycles. The van der Waals surface area contributed by atoms with Crippen LogP contribution in [-0.4, -0.2) is 24.8 Å². The minimum Gasteiger partial charge on any atom is -0.205 e. The quantitative estimate of drug-likeness (QED) is 0.872. The third-order valence-corrected chi connectivity index (χ3v) is 5.50. The van der Waals surface area contributed by atoms with E-state index in [-0.39, 0.29) is 6.04 Å². The van der Waals surface area contributed by atoms with Gasteiger partial charge in [0.25, 0.3) is 0 Å². The average molecular weight is 320 g/mol. The summed E-state index contributed by atoms with van der Waals surface area (Å²) in [4.78, 5) is 1.03. The van der Waals surface area contributed by atoms with Gasteiger partial charge in [0, 0.05) is 6.42 Å². The summed E-state index contributed by atoms with van der Waals surface area (Å²) in [6, 6.07) is 11.5. The topological polar surface area (TPSA) is 49.7 Å². The molecule has 0 fully saturated rings. The molecule has 0 unspecified atom stereocenters. The van der Waals surface area contributed by atoms with Crippen LogP contribution in [0.25, 0.3) is 0 Å². The molecule has 6 heteroatoms. The number of hydrogen-bond donors (Lipinski definition) is 0. The van der Waals surface area contributed by atoms with E-state index in [9.17, 15) is 8.42 Å². The first-order valence-electron chi connectivity index (χ1n) is 6.63. The second kappa shape index (κ2) is 5.27. The number of thiophene rings is 1. The largest absolute Gasteiger partial charge is 0.247 e. The average Bonchev–Trinajstić information content (AvgIpc) is 3.07. The molecule has 0 aliphatic carbocycles. The third kappa shape index (κ3) is 2.73. The van der Waals surface area contributed by atoms with Crippen molar-refractivity contribution in [3.05, 3.63) is 57.8 Å². The molecule has 1 aromatic heterocycles. The Kier molecular flexibility index (Phi) is 3.59. The first kappa shape index (κ1) is 14.3. The Balaban J connectivity index is 2.04. The van der Waals surface area contributed by atoms with Crippen molar-refractivity contribution in [1.82, 2.24) is 4.41 Å².